The van der Waals surface area contributed by atoms with E-state index < -0.39 is 14.2 Å². The van der Waals surface area contributed by atoms with Crippen molar-refractivity contribution >= 4 is 25.2 Å². The molecule has 32 heavy (non-hydrogen) atoms. The molecular weight excluding hydrogens is 406 g/mol. The van der Waals surface area contributed by atoms with E-state index in [1.165, 1.54) is 25.7 Å². The quantitative estimate of drug-likeness (QED) is 0.320. The van der Waals surface area contributed by atoms with E-state index in [-0.39, 0.29) is 0 Å². The van der Waals surface area contributed by atoms with Gasteiger partial charge < -0.3 is 28.1 Å². The highest BCUT2D eigenvalue weighted by molar-refractivity contribution is 6.65. The Labute approximate surface area is 194 Å². The van der Waals surface area contributed by atoms with Crippen LogP contribution in [0.4, 0.5) is 0 Å². The average molecular weight is 446 g/mol. The molecule has 0 saturated carbocycles. The molecule has 0 spiro atoms. The van der Waals surface area contributed by atoms with Crippen LogP contribution in [-0.2, 0) is 18.6 Å². The van der Waals surface area contributed by atoms with Gasteiger partial charge in [-0.15, -0.1) is 0 Å². The maximum Gasteiger partial charge on any atom is 0.501 e. The molecule has 2 aliphatic rings. The number of hydrogen-bond donors (Lipinski definition) is 0. The van der Waals surface area contributed by atoms with Gasteiger partial charge in [0.05, 0.1) is 18.7 Å². The van der Waals surface area contributed by atoms with Crippen LogP contribution in [-0.4, -0.2) is 53.9 Å². The fourth-order valence-electron chi connectivity index (χ4n) is 3.99. The van der Waals surface area contributed by atoms with Gasteiger partial charge in [-0.05, 0) is 43.3 Å². The first kappa shape index (κ1) is 25.4. The standard InChI is InChI=1S/C24H40B2O6/c1-3-5-7-9-13-27-22-19-21(25-29-15-11-16-30-25)20-23(28-14-10-8-6-4-2)24(22)26-31-17-12-18-32-26/h19-20H,3-18H2,1-2H3. The number of unbranched alkanes of at least 4 members (excludes halogenated alkanes) is 6. The van der Waals surface area contributed by atoms with Gasteiger partial charge in [-0.1, -0.05) is 52.4 Å². The first-order chi connectivity index (χ1) is 15.8. The monoisotopic (exact) mass is 446 g/mol. The van der Waals surface area contributed by atoms with E-state index in [1.807, 2.05) is 12.1 Å². The first-order valence-corrected chi connectivity index (χ1v) is 12.7. The summed E-state index contributed by atoms with van der Waals surface area (Å²) in [5.74, 6) is 1.51. The average Bonchev–Trinajstić information content (AvgIpc) is 2.84. The Bertz CT molecular complexity index is 612. The molecule has 8 heteroatoms. The third kappa shape index (κ3) is 7.98. The van der Waals surface area contributed by atoms with Gasteiger partial charge >= 0.3 is 14.2 Å². The van der Waals surface area contributed by atoms with Crippen molar-refractivity contribution in [3.8, 4) is 11.5 Å². The van der Waals surface area contributed by atoms with Gasteiger partial charge in [0.15, 0.2) is 0 Å². The molecule has 0 aromatic heterocycles. The molecule has 0 amide bonds. The summed E-state index contributed by atoms with van der Waals surface area (Å²) in [5.41, 5.74) is 1.78. The minimum Gasteiger partial charge on any atom is -0.494 e. The molecule has 178 valence electrons. The Morgan fingerprint density at radius 1 is 0.656 bits per heavy atom. The van der Waals surface area contributed by atoms with Gasteiger partial charge in [0.1, 0.15) is 11.5 Å². The highest BCUT2D eigenvalue weighted by Gasteiger charge is 2.35. The molecule has 0 aliphatic carbocycles. The van der Waals surface area contributed by atoms with E-state index in [0.29, 0.717) is 39.6 Å². The molecule has 6 nitrogen and oxygen atoms in total. The summed E-state index contributed by atoms with van der Waals surface area (Å²) in [6.45, 7) is 8.49. The third-order valence-electron chi connectivity index (χ3n) is 5.80. The maximum absolute atomic E-state index is 6.30. The molecule has 0 atom stereocenters. The van der Waals surface area contributed by atoms with Crippen molar-refractivity contribution in [1.29, 1.82) is 0 Å². The Balaban J connectivity index is 1.83. The lowest BCUT2D eigenvalue weighted by atomic mass is 9.71. The van der Waals surface area contributed by atoms with Crippen molar-refractivity contribution in [2.45, 2.75) is 78.1 Å². The van der Waals surface area contributed by atoms with Crippen molar-refractivity contribution in [2.75, 3.05) is 39.6 Å². The van der Waals surface area contributed by atoms with Crippen LogP contribution in [0.1, 0.15) is 78.1 Å². The topological polar surface area (TPSA) is 55.4 Å². The van der Waals surface area contributed by atoms with Crippen molar-refractivity contribution < 1.29 is 28.1 Å². The number of hydrogen-bond acceptors (Lipinski definition) is 6. The summed E-state index contributed by atoms with van der Waals surface area (Å²) >= 11 is 0. The smallest absolute Gasteiger partial charge is 0.494 e. The second kappa shape index (κ2) is 14.8. The Morgan fingerprint density at radius 2 is 1.12 bits per heavy atom. The van der Waals surface area contributed by atoms with Gasteiger partial charge in [0, 0.05) is 26.4 Å². The number of rotatable bonds is 14. The van der Waals surface area contributed by atoms with Gasteiger partial charge in [-0.25, -0.2) is 0 Å². The van der Waals surface area contributed by atoms with E-state index in [4.69, 9.17) is 28.1 Å². The van der Waals surface area contributed by atoms with E-state index in [0.717, 1.165) is 60.9 Å². The van der Waals surface area contributed by atoms with E-state index in [1.54, 1.807) is 0 Å². The minimum atomic E-state index is -0.470. The predicted octanol–water partition coefficient (Wildman–Crippen LogP) is 3.87. The van der Waals surface area contributed by atoms with Crippen LogP contribution >= 0.6 is 0 Å². The molecule has 0 N–H and O–H groups in total. The number of benzene rings is 1. The zero-order chi connectivity index (χ0) is 22.4. The highest BCUT2D eigenvalue weighted by Crippen LogP contribution is 2.22. The fraction of sp³-hybridized carbons (Fsp3) is 0.750. The molecule has 2 fully saturated rings. The predicted molar refractivity (Wildman–Crippen MR) is 130 cm³/mol. The molecule has 3 rings (SSSR count). The Morgan fingerprint density at radius 3 is 1.59 bits per heavy atom. The lowest BCUT2D eigenvalue weighted by molar-refractivity contribution is 0.141. The van der Waals surface area contributed by atoms with Crippen LogP contribution < -0.4 is 20.4 Å². The first-order valence-electron chi connectivity index (χ1n) is 12.7. The zero-order valence-electron chi connectivity index (χ0n) is 20.1. The minimum absolute atomic E-state index is 0.393. The second-order valence-corrected chi connectivity index (χ2v) is 8.60. The lowest BCUT2D eigenvalue weighted by Crippen LogP contribution is -2.46. The summed E-state index contributed by atoms with van der Waals surface area (Å²) in [7, 11) is -0.863. The van der Waals surface area contributed by atoms with Gasteiger partial charge in [0.2, 0.25) is 0 Å². The summed E-state index contributed by atoms with van der Waals surface area (Å²) in [4.78, 5) is 0. The molecule has 2 aliphatic heterocycles. The Kier molecular flexibility index (Phi) is 11.8. The Hall–Kier alpha value is -1.21. The van der Waals surface area contributed by atoms with Crippen molar-refractivity contribution in [2.24, 2.45) is 0 Å². The van der Waals surface area contributed by atoms with Crippen LogP contribution in [0.25, 0.3) is 0 Å². The molecule has 2 saturated heterocycles. The molecule has 1 aromatic carbocycles. The summed E-state index contributed by atoms with van der Waals surface area (Å²) in [6.07, 6.45) is 11.0. The van der Waals surface area contributed by atoms with Gasteiger partial charge in [0.25, 0.3) is 0 Å². The van der Waals surface area contributed by atoms with Crippen LogP contribution in [0.5, 0.6) is 11.5 Å². The highest BCUT2D eigenvalue weighted by atomic mass is 16.6. The van der Waals surface area contributed by atoms with Gasteiger partial charge in [-0.2, -0.15) is 0 Å². The second-order valence-electron chi connectivity index (χ2n) is 8.60. The van der Waals surface area contributed by atoms with Crippen LogP contribution in [0.3, 0.4) is 0 Å². The van der Waals surface area contributed by atoms with Crippen LogP contribution in [0.2, 0.25) is 0 Å². The van der Waals surface area contributed by atoms with E-state index in [9.17, 15) is 0 Å². The maximum atomic E-state index is 6.30. The van der Waals surface area contributed by atoms with E-state index in [2.05, 4.69) is 13.8 Å². The van der Waals surface area contributed by atoms with E-state index >= 15 is 0 Å². The number of ether oxygens (including phenoxy) is 2. The molecule has 1 aromatic rings. The summed E-state index contributed by atoms with van der Waals surface area (Å²) in [5, 5.41) is 0. The van der Waals surface area contributed by atoms with Crippen molar-refractivity contribution in [3.05, 3.63) is 12.1 Å². The van der Waals surface area contributed by atoms with Crippen LogP contribution in [0.15, 0.2) is 12.1 Å². The molecule has 0 unspecified atom stereocenters. The summed E-state index contributed by atoms with van der Waals surface area (Å²) < 4.78 is 36.3. The molecule has 0 bridgehead atoms. The normalized spacial score (nSPS) is 16.9. The molecule has 2 heterocycles. The molecule has 0 radical (unpaired) electrons. The SMILES string of the molecule is CCCCCCOc1cc(B2OCCCO2)cc(OCCCCCC)c1B1OCCCO1. The zero-order valence-corrected chi connectivity index (χ0v) is 20.1. The third-order valence-corrected chi connectivity index (χ3v) is 5.80. The van der Waals surface area contributed by atoms with Gasteiger partial charge in [-0.3, -0.25) is 0 Å². The summed E-state index contributed by atoms with van der Waals surface area (Å²) in [6, 6.07) is 4.05. The largest absolute Gasteiger partial charge is 0.501 e. The fourth-order valence-corrected chi connectivity index (χ4v) is 3.99. The van der Waals surface area contributed by atoms with Crippen LogP contribution in [0, 0.1) is 0 Å². The van der Waals surface area contributed by atoms with Crippen molar-refractivity contribution in [1.82, 2.24) is 0 Å². The van der Waals surface area contributed by atoms with Crippen molar-refractivity contribution in [3.63, 3.8) is 0 Å². The lowest BCUT2D eigenvalue weighted by Gasteiger charge is -2.26. The molecular formula is C24H40B2O6.